The fourth-order valence-electron chi connectivity index (χ4n) is 2.49. The highest BCUT2D eigenvalue weighted by Crippen LogP contribution is 2.38. The van der Waals surface area contributed by atoms with Crippen molar-refractivity contribution in [2.24, 2.45) is 0 Å². The SMILES string of the molecule is COc1cc(C(C)C)c(Oc2cnc(N)nc2NC(=O)c2ccco2)cc1I. The third kappa shape index (κ3) is 4.35. The molecule has 3 aromatic rings. The van der Waals surface area contributed by atoms with Crippen LogP contribution in [-0.4, -0.2) is 23.0 Å². The number of amides is 1. The summed E-state index contributed by atoms with van der Waals surface area (Å²) in [7, 11) is 1.62. The average molecular weight is 494 g/mol. The Morgan fingerprint density at radius 2 is 2.07 bits per heavy atom. The smallest absolute Gasteiger partial charge is 0.292 e. The van der Waals surface area contributed by atoms with Gasteiger partial charge in [0, 0.05) is 5.56 Å². The molecule has 8 nitrogen and oxygen atoms in total. The Morgan fingerprint density at radius 3 is 2.71 bits per heavy atom. The van der Waals surface area contributed by atoms with Crippen LogP contribution >= 0.6 is 22.6 Å². The van der Waals surface area contributed by atoms with E-state index in [0.717, 1.165) is 14.9 Å². The highest BCUT2D eigenvalue weighted by atomic mass is 127. The standard InChI is InChI=1S/C19H19IN4O4/c1-10(2)11-7-15(26-3)12(20)8-14(11)28-16-9-22-19(21)24-17(16)23-18(25)13-5-4-6-27-13/h4-10H,1-3H3,(H3,21,22,23,24,25). The predicted molar refractivity (Wildman–Crippen MR) is 113 cm³/mol. The molecule has 0 aliphatic carbocycles. The number of anilines is 2. The molecule has 0 radical (unpaired) electrons. The van der Waals surface area contributed by atoms with Gasteiger partial charge in [0.05, 0.1) is 23.1 Å². The van der Waals surface area contributed by atoms with Crippen molar-refractivity contribution in [1.29, 1.82) is 0 Å². The van der Waals surface area contributed by atoms with Crippen LogP contribution in [0.2, 0.25) is 0 Å². The van der Waals surface area contributed by atoms with Crippen molar-refractivity contribution in [3.8, 4) is 17.2 Å². The first-order valence-corrected chi connectivity index (χ1v) is 9.49. The number of nitrogens with zero attached hydrogens (tertiary/aromatic N) is 2. The molecule has 0 atom stereocenters. The lowest BCUT2D eigenvalue weighted by molar-refractivity contribution is 0.0996. The quantitative estimate of drug-likeness (QED) is 0.488. The van der Waals surface area contributed by atoms with E-state index in [4.69, 9.17) is 19.6 Å². The van der Waals surface area contributed by atoms with Gasteiger partial charge in [-0.05, 0) is 52.8 Å². The molecule has 3 rings (SSSR count). The number of benzene rings is 1. The van der Waals surface area contributed by atoms with Crippen molar-refractivity contribution in [1.82, 2.24) is 9.97 Å². The van der Waals surface area contributed by atoms with Crippen LogP contribution in [0.15, 0.2) is 41.1 Å². The van der Waals surface area contributed by atoms with E-state index in [1.807, 2.05) is 26.0 Å². The minimum Gasteiger partial charge on any atom is -0.496 e. The molecule has 2 aromatic heterocycles. The fraction of sp³-hybridized carbons (Fsp3) is 0.211. The number of carbonyl (C=O) groups is 1. The summed E-state index contributed by atoms with van der Waals surface area (Å²) in [5.74, 6) is 1.64. The summed E-state index contributed by atoms with van der Waals surface area (Å²) in [6, 6.07) is 6.96. The Bertz CT molecular complexity index is 990. The molecule has 9 heteroatoms. The molecule has 0 bridgehead atoms. The highest BCUT2D eigenvalue weighted by Gasteiger charge is 2.18. The Kier molecular flexibility index (Phi) is 6.02. The van der Waals surface area contributed by atoms with Gasteiger partial charge in [-0.1, -0.05) is 13.8 Å². The van der Waals surface area contributed by atoms with Crippen molar-refractivity contribution < 1.29 is 18.7 Å². The summed E-state index contributed by atoms with van der Waals surface area (Å²) in [6.45, 7) is 4.10. The minimum atomic E-state index is -0.471. The Balaban J connectivity index is 1.97. The normalized spacial score (nSPS) is 10.8. The summed E-state index contributed by atoms with van der Waals surface area (Å²) < 4.78 is 17.5. The van der Waals surface area contributed by atoms with E-state index in [2.05, 4.69) is 37.9 Å². The largest absolute Gasteiger partial charge is 0.496 e. The Morgan fingerprint density at radius 1 is 1.29 bits per heavy atom. The third-order valence-corrected chi connectivity index (χ3v) is 4.72. The number of nitrogens with two attached hydrogens (primary N) is 1. The van der Waals surface area contributed by atoms with Gasteiger partial charge < -0.3 is 24.9 Å². The lowest BCUT2D eigenvalue weighted by atomic mass is 10.0. The maximum atomic E-state index is 12.3. The maximum Gasteiger partial charge on any atom is 0.292 e. The Hall–Kier alpha value is -2.82. The molecule has 0 saturated heterocycles. The van der Waals surface area contributed by atoms with Crippen LogP contribution in [0.25, 0.3) is 0 Å². The number of hydrogen-bond acceptors (Lipinski definition) is 7. The molecule has 0 aliphatic rings. The van der Waals surface area contributed by atoms with Crippen LogP contribution in [0, 0.1) is 3.57 Å². The van der Waals surface area contributed by atoms with E-state index < -0.39 is 5.91 Å². The highest BCUT2D eigenvalue weighted by molar-refractivity contribution is 14.1. The molecule has 0 fully saturated rings. The first-order valence-electron chi connectivity index (χ1n) is 8.41. The zero-order chi connectivity index (χ0) is 20.3. The van der Waals surface area contributed by atoms with E-state index in [-0.39, 0.29) is 29.2 Å². The van der Waals surface area contributed by atoms with E-state index in [9.17, 15) is 4.79 Å². The van der Waals surface area contributed by atoms with Crippen molar-refractivity contribution in [3.05, 3.63) is 51.6 Å². The van der Waals surface area contributed by atoms with Gasteiger partial charge in [-0.2, -0.15) is 4.98 Å². The third-order valence-electron chi connectivity index (χ3n) is 3.88. The molecule has 3 N–H and O–H groups in total. The lowest BCUT2D eigenvalue weighted by Crippen LogP contribution is -2.14. The number of halogens is 1. The number of furan rings is 1. The fourth-order valence-corrected chi connectivity index (χ4v) is 3.15. The molecule has 0 spiro atoms. The van der Waals surface area contributed by atoms with Crippen LogP contribution < -0.4 is 20.5 Å². The summed E-state index contributed by atoms with van der Waals surface area (Å²) in [4.78, 5) is 20.4. The summed E-state index contributed by atoms with van der Waals surface area (Å²) in [5, 5.41) is 2.64. The van der Waals surface area contributed by atoms with Crippen LogP contribution in [-0.2, 0) is 0 Å². The van der Waals surface area contributed by atoms with Crippen molar-refractivity contribution >= 4 is 40.3 Å². The van der Waals surface area contributed by atoms with Crippen LogP contribution in [0.1, 0.15) is 35.9 Å². The average Bonchev–Trinajstić information content (AvgIpc) is 3.18. The van der Waals surface area contributed by atoms with E-state index in [1.54, 1.807) is 19.2 Å². The second-order valence-electron chi connectivity index (χ2n) is 6.15. The first-order chi connectivity index (χ1) is 13.4. The number of nitrogen functional groups attached to an aromatic ring is 1. The second kappa shape index (κ2) is 8.46. The summed E-state index contributed by atoms with van der Waals surface area (Å²) >= 11 is 2.17. The molecule has 1 aromatic carbocycles. The molecular weight excluding hydrogens is 475 g/mol. The van der Waals surface area contributed by atoms with E-state index >= 15 is 0 Å². The zero-order valence-corrected chi connectivity index (χ0v) is 17.7. The van der Waals surface area contributed by atoms with Gasteiger partial charge in [0.25, 0.3) is 5.91 Å². The van der Waals surface area contributed by atoms with Gasteiger partial charge in [-0.15, -0.1) is 0 Å². The number of rotatable bonds is 6. The Labute approximate surface area is 175 Å². The van der Waals surface area contributed by atoms with Crippen molar-refractivity contribution in [3.63, 3.8) is 0 Å². The molecule has 146 valence electrons. The van der Waals surface area contributed by atoms with Gasteiger partial charge in [-0.25, -0.2) is 4.98 Å². The van der Waals surface area contributed by atoms with Crippen LogP contribution in [0.4, 0.5) is 11.8 Å². The number of hydrogen-bond donors (Lipinski definition) is 2. The number of carbonyl (C=O) groups excluding carboxylic acids is 1. The first kappa shape index (κ1) is 19.9. The van der Waals surface area contributed by atoms with Gasteiger partial charge in [-0.3, -0.25) is 4.79 Å². The molecule has 2 heterocycles. The molecule has 1 amide bonds. The van der Waals surface area contributed by atoms with Crippen LogP contribution in [0.5, 0.6) is 17.2 Å². The van der Waals surface area contributed by atoms with Gasteiger partial charge >= 0.3 is 0 Å². The molecule has 0 unspecified atom stereocenters. The number of nitrogens with one attached hydrogen (secondary N) is 1. The molecule has 0 aliphatic heterocycles. The maximum absolute atomic E-state index is 12.3. The summed E-state index contributed by atoms with van der Waals surface area (Å²) in [5.41, 5.74) is 6.63. The number of aromatic nitrogens is 2. The number of ether oxygens (including phenoxy) is 2. The lowest BCUT2D eigenvalue weighted by Gasteiger charge is -2.17. The monoisotopic (exact) mass is 494 g/mol. The van der Waals surface area contributed by atoms with Crippen molar-refractivity contribution in [2.75, 3.05) is 18.2 Å². The minimum absolute atomic E-state index is 0.00971. The molecular formula is C19H19IN4O4. The van der Waals surface area contributed by atoms with Gasteiger partial charge in [0.1, 0.15) is 11.5 Å². The predicted octanol–water partition coefficient (Wildman–Crippen LogP) is 4.43. The summed E-state index contributed by atoms with van der Waals surface area (Å²) in [6.07, 6.45) is 2.83. The molecule has 0 saturated carbocycles. The molecule has 28 heavy (non-hydrogen) atoms. The topological polar surface area (TPSA) is 113 Å². The van der Waals surface area contributed by atoms with E-state index in [1.165, 1.54) is 12.5 Å². The zero-order valence-electron chi connectivity index (χ0n) is 15.5. The van der Waals surface area contributed by atoms with Crippen LogP contribution in [0.3, 0.4) is 0 Å². The van der Waals surface area contributed by atoms with Gasteiger partial charge in [0.15, 0.2) is 17.3 Å². The van der Waals surface area contributed by atoms with Gasteiger partial charge in [0.2, 0.25) is 5.95 Å². The van der Waals surface area contributed by atoms with Crippen molar-refractivity contribution in [2.45, 2.75) is 19.8 Å². The number of methoxy groups -OCH3 is 1. The van der Waals surface area contributed by atoms with E-state index in [0.29, 0.717) is 5.75 Å². The second-order valence-corrected chi connectivity index (χ2v) is 7.32.